The Morgan fingerprint density at radius 3 is 2.19 bits per heavy atom. The summed E-state index contributed by atoms with van der Waals surface area (Å²) in [6.07, 6.45) is 10.8. The van der Waals surface area contributed by atoms with Crippen LogP contribution >= 0.6 is 11.6 Å². The molecule has 2 fully saturated rings. The molecule has 0 radical (unpaired) electrons. The van der Waals surface area contributed by atoms with E-state index in [0.717, 1.165) is 66.2 Å². The number of rotatable bonds is 7. The lowest BCUT2D eigenvalue weighted by Crippen LogP contribution is -2.47. The van der Waals surface area contributed by atoms with Gasteiger partial charge < -0.3 is 26.2 Å². The van der Waals surface area contributed by atoms with Gasteiger partial charge in [0, 0.05) is 42.4 Å². The number of nitrogens with one attached hydrogen (secondary N) is 6. The maximum absolute atomic E-state index is 12.6. The first kappa shape index (κ1) is 28.6. The van der Waals surface area contributed by atoms with Crippen LogP contribution in [0.1, 0.15) is 25.7 Å². The number of hydrogen-bond acceptors (Lipinski definition) is 11. The number of piperidine rings is 2. The number of hydrogen-bond donors (Lipinski definition) is 6. The van der Waals surface area contributed by atoms with Crippen LogP contribution in [0, 0.1) is 0 Å². The molecular formula is C28H34ClN13O. The van der Waals surface area contributed by atoms with Crippen molar-refractivity contribution < 1.29 is 4.79 Å². The highest BCUT2D eigenvalue weighted by atomic mass is 35.5. The van der Waals surface area contributed by atoms with E-state index >= 15 is 0 Å². The van der Waals surface area contributed by atoms with Gasteiger partial charge in [-0.3, -0.25) is 15.0 Å². The maximum Gasteiger partial charge on any atom is 0.241 e. The highest BCUT2D eigenvalue weighted by Crippen LogP contribution is 2.21. The van der Waals surface area contributed by atoms with Gasteiger partial charge in [-0.25, -0.2) is 19.9 Å². The Morgan fingerprint density at radius 2 is 1.53 bits per heavy atom. The van der Waals surface area contributed by atoms with Gasteiger partial charge in [-0.05, 0) is 56.5 Å². The fourth-order valence-electron chi connectivity index (χ4n) is 5.30. The lowest BCUT2D eigenvalue weighted by Gasteiger charge is -2.33. The van der Waals surface area contributed by atoms with E-state index < -0.39 is 0 Å². The molecule has 43 heavy (non-hydrogen) atoms. The molecule has 15 heteroatoms. The van der Waals surface area contributed by atoms with Crippen LogP contribution in [-0.2, 0) is 4.79 Å². The highest BCUT2D eigenvalue weighted by Gasteiger charge is 2.24. The van der Waals surface area contributed by atoms with E-state index in [-0.39, 0.29) is 18.5 Å². The van der Waals surface area contributed by atoms with Crippen molar-refractivity contribution >= 4 is 56.9 Å². The van der Waals surface area contributed by atoms with Gasteiger partial charge in [0.05, 0.1) is 29.7 Å². The average molecular weight is 604 g/mol. The molecule has 0 saturated carbocycles. The Balaban J connectivity index is 0.000000174. The monoisotopic (exact) mass is 603 g/mol. The third kappa shape index (κ3) is 7.27. The number of likely N-dealkylation sites (tertiary alicyclic amines) is 1. The molecule has 1 amide bonds. The summed E-state index contributed by atoms with van der Waals surface area (Å²) in [5.74, 6) is 1.69. The predicted octanol–water partition coefficient (Wildman–Crippen LogP) is 3.04. The van der Waals surface area contributed by atoms with E-state index in [4.69, 9.17) is 11.6 Å². The van der Waals surface area contributed by atoms with Crippen molar-refractivity contribution in [3.63, 3.8) is 0 Å². The predicted molar refractivity (Wildman–Crippen MR) is 166 cm³/mol. The fourth-order valence-corrected chi connectivity index (χ4v) is 5.43. The minimum Gasteiger partial charge on any atom is -0.376 e. The number of fused-ring (bicyclic) bond motifs is 2. The molecule has 0 aliphatic carbocycles. The first-order valence-corrected chi connectivity index (χ1v) is 14.8. The van der Waals surface area contributed by atoms with Gasteiger partial charge in [-0.2, -0.15) is 10.2 Å². The van der Waals surface area contributed by atoms with Crippen molar-refractivity contribution in [1.82, 2.24) is 50.5 Å². The largest absolute Gasteiger partial charge is 0.376 e. The smallest absolute Gasteiger partial charge is 0.241 e. The first-order chi connectivity index (χ1) is 21.1. The Bertz CT molecular complexity index is 1630. The van der Waals surface area contributed by atoms with Crippen molar-refractivity contribution in [3.05, 3.63) is 54.3 Å². The van der Waals surface area contributed by atoms with Crippen LogP contribution in [0.2, 0.25) is 5.02 Å². The second-order valence-corrected chi connectivity index (χ2v) is 11.0. The van der Waals surface area contributed by atoms with E-state index in [2.05, 4.69) is 61.6 Å². The average Bonchev–Trinajstić information content (AvgIpc) is 3.73. The molecule has 5 aromatic rings. The summed E-state index contributed by atoms with van der Waals surface area (Å²) in [6, 6.07) is 7.91. The second kappa shape index (κ2) is 13.6. The van der Waals surface area contributed by atoms with Gasteiger partial charge in [-0.15, -0.1) is 0 Å². The molecule has 2 saturated heterocycles. The Labute approximate surface area is 252 Å². The molecule has 6 N–H and O–H groups in total. The van der Waals surface area contributed by atoms with Gasteiger partial charge in [0.1, 0.15) is 24.3 Å². The van der Waals surface area contributed by atoms with Gasteiger partial charge in [-0.1, -0.05) is 11.6 Å². The lowest BCUT2D eigenvalue weighted by molar-refractivity contribution is -0.130. The summed E-state index contributed by atoms with van der Waals surface area (Å²) in [7, 11) is 0. The third-order valence-electron chi connectivity index (χ3n) is 7.54. The quantitative estimate of drug-likeness (QED) is 0.161. The summed E-state index contributed by atoms with van der Waals surface area (Å²) in [5, 5.41) is 29.5. The Hall–Kier alpha value is -4.56. The van der Waals surface area contributed by atoms with E-state index in [9.17, 15) is 4.79 Å². The molecule has 1 aromatic carbocycles. The van der Waals surface area contributed by atoms with Crippen LogP contribution in [0.25, 0.3) is 22.1 Å². The van der Waals surface area contributed by atoms with Crippen LogP contribution in [0.3, 0.4) is 0 Å². The van der Waals surface area contributed by atoms with Gasteiger partial charge in [0.2, 0.25) is 5.91 Å². The Kier molecular flexibility index (Phi) is 9.04. The topological polar surface area (TPSA) is 177 Å². The number of halogens is 1. The van der Waals surface area contributed by atoms with E-state index in [1.54, 1.807) is 30.9 Å². The SMILES string of the molecule is O=C(CNc1ccc(Cl)cc1)N1CCC[C@H](Nc2ncnc3[nH]ncc23)C1.c1nc(N[C@H]2CCCNC2)c2cn[nH]c2n1. The molecule has 7 rings (SSSR count). The zero-order chi connectivity index (χ0) is 29.4. The third-order valence-corrected chi connectivity index (χ3v) is 7.79. The molecule has 4 aromatic heterocycles. The van der Waals surface area contributed by atoms with Gasteiger partial charge >= 0.3 is 0 Å². The number of amides is 1. The van der Waals surface area contributed by atoms with Crippen molar-refractivity contribution in [2.24, 2.45) is 0 Å². The number of carbonyl (C=O) groups is 1. The molecule has 224 valence electrons. The number of aromatic nitrogens is 8. The van der Waals surface area contributed by atoms with Crippen molar-refractivity contribution in [3.8, 4) is 0 Å². The fraction of sp³-hybridized carbons (Fsp3) is 0.393. The standard InChI is InChI=1S/C18H20ClN7O.C10H14N6/c19-12-3-5-13(6-4-12)20-9-16(27)26-7-1-2-14(10-26)24-17-15-8-23-25-18(15)22-11-21-17;1-2-7(4-11-3-1)15-9-8-5-14-16-10(8)13-6-12-9/h3-6,8,11,14,20H,1-2,7,9-10H2,(H2,21,22,23,24,25);5-7,11H,1-4H2,(H2,12,13,14,15,16)/t14-;7-/m00/s1. The van der Waals surface area contributed by atoms with E-state index in [0.29, 0.717) is 23.3 Å². The van der Waals surface area contributed by atoms with Crippen LogP contribution < -0.4 is 21.3 Å². The molecule has 0 unspecified atom stereocenters. The number of aromatic amines is 2. The maximum atomic E-state index is 12.6. The number of benzene rings is 1. The summed E-state index contributed by atoms with van der Waals surface area (Å²) in [6.45, 7) is 3.77. The van der Waals surface area contributed by atoms with Crippen LogP contribution in [0.15, 0.2) is 49.3 Å². The molecule has 2 aliphatic rings. The molecule has 0 bridgehead atoms. The zero-order valence-electron chi connectivity index (χ0n) is 23.6. The molecule has 2 atom stereocenters. The van der Waals surface area contributed by atoms with Gasteiger partial charge in [0.15, 0.2) is 11.3 Å². The summed E-state index contributed by atoms with van der Waals surface area (Å²) < 4.78 is 0. The molecule has 0 spiro atoms. The van der Waals surface area contributed by atoms with Crippen LogP contribution in [0.4, 0.5) is 17.3 Å². The van der Waals surface area contributed by atoms with E-state index in [1.165, 1.54) is 19.2 Å². The molecule has 6 heterocycles. The minimum absolute atomic E-state index is 0.0765. The van der Waals surface area contributed by atoms with Crippen molar-refractivity contribution in [2.75, 3.05) is 48.7 Å². The minimum atomic E-state index is 0.0765. The van der Waals surface area contributed by atoms with Gasteiger partial charge in [0.25, 0.3) is 0 Å². The molecule has 2 aliphatic heterocycles. The van der Waals surface area contributed by atoms with Crippen molar-refractivity contribution in [2.45, 2.75) is 37.8 Å². The molecular weight excluding hydrogens is 570 g/mol. The highest BCUT2D eigenvalue weighted by molar-refractivity contribution is 6.30. The number of H-pyrrole nitrogens is 2. The van der Waals surface area contributed by atoms with Crippen LogP contribution in [0.5, 0.6) is 0 Å². The lowest BCUT2D eigenvalue weighted by atomic mass is 10.1. The second-order valence-electron chi connectivity index (χ2n) is 10.6. The zero-order valence-corrected chi connectivity index (χ0v) is 24.3. The summed E-state index contributed by atoms with van der Waals surface area (Å²) in [5.41, 5.74) is 2.35. The number of nitrogens with zero attached hydrogens (tertiary/aromatic N) is 7. The number of anilines is 3. The van der Waals surface area contributed by atoms with Crippen LogP contribution in [-0.4, -0.2) is 95.9 Å². The van der Waals surface area contributed by atoms with E-state index in [1.807, 2.05) is 17.0 Å². The first-order valence-electron chi connectivity index (χ1n) is 14.4. The Morgan fingerprint density at radius 1 is 0.884 bits per heavy atom. The van der Waals surface area contributed by atoms with Crippen molar-refractivity contribution in [1.29, 1.82) is 0 Å². The number of carbonyl (C=O) groups excluding carboxylic acids is 1. The summed E-state index contributed by atoms with van der Waals surface area (Å²) in [4.78, 5) is 31.3. The molecule has 14 nitrogen and oxygen atoms in total. The summed E-state index contributed by atoms with van der Waals surface area (Å²) >= 11 is 5.88. The normalized spacial score (nSPS) is 18.6.